The second kappa shape index (κ2) is 6.83. The number of amides is 3. The van der Waals surface area contributed by atoms with Crippen LogP contribution in [0, 0.1) is 17.2 Å². The van der Waals surface area contributed by atoms with Gasteiger partial charge >= 0.3 is 5.97 Å². The molecule has 9 heteroatoms. The van der Waals surface area contributed by atoms with Crippen LogP contribution in [-0.2, 0) is 19.1 Å². The van der Waals surface area contributed by atoms with Gasteiger partial charge in [0.05, 0.1) is 17.3 Å². The number of nitriles is 1. The molecule has 0 spiro atoms. The van der Waals surface area contributed by atoms with E-state index in [9.17, 15) is 24.4 Å². The van der Waals surface area contributed by atoms with Gasteiger partial charge in [-0.15, -0.1) is 0 Å². The normalized spacial score (nSPS) is 24.4. The highest BCUT2D eigenvalue weighted by atomic mass is 16.5. The summed E-state index contributed by atoms with van der Waals surface area (Å²) >= 11 is 0. The van der Waals surface area contributed by atoms with Gasteiger partial charge in [0.2, 0.25) is 11.6 Å². The zero-order valence-corrected chi connectivity index (χ0v) is 16.8. The van der Waals surface area contributed by atoms with E-state index in [1.165, 1.54) is 16.8 Å². The number of hydrogen-bond acceptors (Lipinski definition) is 6. The van der Waals surface area contributed by atoms with E-state index < -0.39 is 35.6 Å². The predicted molar refractivity (Wildman–Crippen MR) is 104 cm³/mol. The van der Waals surface area contributed by atoms with E-state index >= 15 is 0 Å². The standard InChI is InChI=1S/C21H22N4O5/c1-20(12-22,13-7-8-13)23-16(26)11-30-19(29)21-10-9-17(27)25(21)15-6-4-3-5-14(15)18(28)24(21)2/h3-6,13H,7-11H2,1-2H3,(H,23,26)/t20-,21+/m1/s1. The van der Waals surface area contributed by atoms with Crippen LogP contribution in [0.15, 0.2) is 24.3 Å². The molecule has 0 aromatic heterocycles. The van der Waals surface area contributed by atoms with Gasteiger partial charge in [0.15, 0.2) is 6.61 Å². The lowest BCUT2D eigenvalue weighted by molar-refractivity contribution is -0.159. The lowest BCUT2D eigenvalue weighted by Gasteiger charge is -2.46. The van der Waals surface area contributed by atoms with E-state index in [1.807, 2.05) is 0 Å². The van der Waals surface area contributed by atoms with Gasteiger partial charge in [0, 0.05) is 19.9 Å². The van der Waals surface area contributed by atoms with Gasteiger partial charge in [0.25, 0.3) is 11.8 Å². The van der Waals surface area contributed by atoms with Crippen LogP contribution in [0.3, 0.4) is 0 Å². The number of para-hydroxylation sites is 1. The number of esters is 1. The third-order valence-corrected chi connectivity index (χ3v) is 6.23. The number of carbonyl (C=O) groups excluding carboxylic acids is 4. The molecule has 2 fully saturated rings. The van der Waals surface area contributed by atoms with Crippen LogP contribution in [0.25, 0.3) is 0 Å². The van der Waals surface area contributed by atoms with Crippen molar-refractivity contribution in [2.45, 2.75) is 43.8 Å². The summed E-state index contributed by atoms with van der Waals surface area (Å²) in [5.41, 5.74) is -1.95. The van der Waals surface area contributed by atoms with Gasteiger partial charge in [-0.25, -0.2) is 4.79 Å². The molecule has 3 amide bonds. The van der Waals surface area contributed by atoms with Crippen LogP contribution in [0.1, 0.15) is 43.0 Å². The van der Waals surface area contributed by atoms with E-state index in [0.717, 1.165) is 12.8 Å². The van der Waals surface area contributed by atoms with Crippen molar-refractivity contribution in [3.05, 3.63) is 29.8 Å². The Morgan fingerprint density at radius 2 is 2.03 bits per heavy atom. The summed E-state index contributed by atoms with van der Waals surface area (Å²) in [5, 5.41) is 12.0. The molecule has 4 rings (SSSR count). The first kappa shape index (κ1) is 19.9. The number of nitrogens with zero attached hydrogens (tertiary/aromatic N) is 3. The highest BCUT2D eigenvalue weighted by molar-refractivity contribution is 6.15. The average Bonchev–Trinajstić information content (AvgIpc) is 3.54. The number of carbonyl (C=O) groups is 4. The molecule has 2 aliphatic heterocycles. The third kappa shape index (κ3) is 2.83. The Balaban J connectivity index is 1.55. The molecule has 30 heavy (non-hydrogen) atoms. The van der Waals surface area contributed by atoms with Crippen LogP contribution in [0.4, 0.5) is 5.69 Å². The fourth-order valence-corrected chi connectivity index (χ4v) is 4.35. The molecule has 1 aromatic rings. The Labute approximate surface area is 173 Å². The molecule has 0 bridgehead atoms. The highest BCUT2D eigenvalue weighted by Crippen LogP contribution is 2.44. The van der Waals surface area contributed by atoms with Gasteiger partial charge in [-0.3, -0.25) is 19.3 Å². The van der Waals surface area contributed by atoms with E-state index in [4.69, 9.17) is 4.74 Å². The van der Waals surface area contributed by atoms with Crippen LogP contribution in [0.2, 0.25) is 0 Å². The van der Waals surface area contributed by atoms with Gasteiger partial charge in [-0.2, -0.15) is 5.26 Å². The topological polar surface area (TPSA) is 120 Å². The van der Waals surface area contributed by atoms with Crippen LogP contribution in [0.5, 0.6) is 0 Å². The van der Waals surface area contributed by atoms with Gasteiger partial charge in [-0.1, -0.05) is 12.1 Å². The largest absolute Gasteiger partial charge is 0.452 e. The summed E-state index contributed by atoms with van der Waals surface area (Å²) in [6.45, 7) is 1.04. The minimum atomic E-state index is -1.63. The first-order valence-corrected chi connectivity index (χ1v) is 9.84. The number of hydrogen-bond donors (Lipinski definition) is 1. The molecule has 2 atom stereocenters. The molecule has 2 heterocycles. The second-order valence-corrected chi connectivity index (χ2v) is 8.14. The molecule has 156 valence electrons. The fourth-order valence-electron chi connectivity index (χ4n) is 4.35. The first-order valence-electron chi connectivity index (χ1n) is 9.84. The summed E-state index contributed by atoms with van der Waals surface area (Å²) in [7, 11) is 1.45. The zero-order chi connectivity index (χ0) is 21.7. The summed E-state index contributed by atoms with van der Waals surface area (Å²) < 4.78 is 5.27. The van der Waals surface area contributed by atoms with E-state index in [2.05, 4.69) is 11.4 Å². The highest BCUT2D eigenvalue weighted by Gasteiger charge is 2.61. The van der Waals surface area contributed by atoms with Crippen LogP contribution < -0.4 is 10.2 Å². The van der Waals surface area contributed by atoms with E-state index in [1.54, 1.807) is 31.2 Å². The molecular formula is C21H22N4O5. The molecule has 0 unspecified atom stereocenters. The van der Waals surface area contributed by atoms with E-state index in [0.29, 0.717) is 11.3 Å². The number of rotatable bonds is 5. The Bertz CT molecular complexity index is 997. The Kier molecular flexibility index (Phi) is 4.53. The average molecular weight is 410 g/mol. The van der Waals surface area contributed by atoms with Crippen LogP contribution in [-0.4, -0.2) is 53.4 Å². The van der Waals surface area contributed by atoms with Crippen molar-refractivity contribution in [3.8, 4) is 6.07 Å². The Morgan fingerprint density at radius 1 is 1.33 bits per heavy atom. The van der Waals surface area contributed by atoms with Crippen molar-refractivity contribution in [2.75, 3.05) is 18.6 Å². The predicted octanol–water partition coefficient (Wildman–Crippen LogP) is 0.947. The van der Waals surface area contributed by atoms with Crippen molar-refractivity contribution in [2.24, 2.45) is 5.92 Å². The third-order valence-electron chi connectivity index (χ3n) is 6.23. The minimum absolute atomic E-state index is 0.0703. The van der Waals surface area contributed by atoms with Gasteiger partial charge in [0.1, 0.15) is 5.54 Å². The van der Waals surface area contributed by atoms with E-state index in [-0.39, 0.29) is 24.7 Å². The lowest BCUT2D eigenvalue weighted by Crippen LogP contribution is -2.67. The molecule has 1 saturated carbocycles. The number of ether oxygens (including phenoxy) is 1. The molecule has 3 aliphatic rings. The van der Waals surface area contributed by atoms with Crippen molar-refractivity contribution < 1.29 is 23.9 Å². The number of anilines is 1. The zero-order valence-electron chi connectivity index (χ0n) is 16.8. The molecule has 1 aromatic carbocycles. The number of benzene rings is 1. The maximum Gasteiger partial charge on any atom is 0.354 e. The lowest BCUT2D eigenvalue weighted by atomic mass is 9.97. The minimum Gasteiger partial charge on any atom is -0.452 e. The number of likely N-dealkylation sites (N-methyl/N-ethyl adjacent to an activating group) is 1. The maximum absolute atomic E-state index is 13.1. The molecule has 1 saturated heterocycles. The Hall–Kier alpha value is -3.41. The molecular weight excluding hydrogens is 388 g/mol. The van der Waals surface area contributed by atoms with Gasteiger partial charge in [-0.05, 0) is 37.8 Å². The molecule has 1 N–H and O–H groups in total. The van der Waals surface area contributed by atoms with Gasteiger partial charge < -0.3 is 15.0 Å². The van der Waals surface area contributed by atoms with Crippen molar-refractivity contribution in [3.63, 3.8) is 0 Å². The Morgan fingerprint density at radius 3 is 2.70 bits per heavy atom. The molecule has 9 nitrogen and oxygen atoms in total. The van der Waals surface area contributed by atoms with Crippen LogP contribution >= 0.6 is 0 Å². The summed E-state index contributed by atoms with van der Waals surface area (Å²) in [5.74, 6) is -2.06. The van der Waals surface area contributed by atoms with Crippen molar-refractivity contribution in [1.29, 1.82) is 5.26 Å². The number of fused-ring (bicyclic) bond motifs is 3. The van der Waals surface area contributed by atoms with Crippen molar-refractivity contribution in [1.82, 2.24) is 10.2 Å². The maximum atomic E-state index is 13.1. The van der Waals surface area contributed by atoms with Crippen molar-refractivity contribution >= 4 is 29.4 Å². The second-order valence-electron chi connectivity index (χ2n) is 8.14. The summed E-state index contributed by atoms with van der Waals surface area (Å²) in [4.78, 5) is 53.5. The molecule has 1 aliphatic carbocycles. The fraction of sp³-hybridized carbons (Fsp3) is 0.476. The number of nitrogens with one attached hydrogen (secondary N) is 1. The monoisotopic (exact) mass is 410 g/mol. The SMILES string of the molecule is CN1C(=O)c2ccccc2N2C(=O)CC[C@]12C(=O)OCC(=O)N[C@](C)(C#N)C1CC1. The smallest absolute Gasteiger partial charge is 0.354 e. The quantitative estimate of drug-likeness (QED) is 0.722. The molecule has 0 radical (unpaired) electrons. The first-order chi connectivity index (χ1) is 14.2. The summed E-state index contributed by atoms with van der Waals surface area (Å²) in [6, 6.07) is 8.70. The summed E-state index contributed by atoms with van der Waals surface area (Å²) in [6.07, 6.45) is 1.86.